The van der Waals surface area contributed by atoms with E-state index in [1.807, 2.05) is 6.92 Å². The number of ether oxygens (including phenoxy) is 2. The zero-order valence-corrected chi connectivity index (χ0v) is 6.59. The molecule has 1 saturated heterocycles. The lowest BCUT2D eigenvalue weighted by molar-refractivity contribution is -0.0490. The smallest absolute Gasteiger partial charge is 0.109 e. The maximum atomic E-state index is 5.56. The summed E-state index contributed by atoms with van der Waals surface area (Å²) in [7, 11) is 7.24. The van der Waals surface area contributed by atoms with Crippen LogP contribution < -0.4 is 0 Å². The van der Waals surface area contributed by atoms with Gasteiger partial charge in [-0.05, 0) is 19.8 Å². The fourth-order valence-electron chi connectivity index (χ4n) is 1.34. The minimum absolute atomic E-state index is 0.0832. The normalized spacial score (nSPS) is 40.4. The van der Waals surface area contributed by atoms with Gasteiger partial charge in [0.1, 0.15) is 7.85 Å². The van der Waals surface area contributed by atoms with Crippen molar-refractivity contribution >= 4 is 7.85 Å². The van der Waals surface area contributed by atoms with Gasteiger partial charge in [0.05, 0.1) is 12.2 Å². The van der Waals surface area contributed by atoms with Crippen LogP contribution in [0.4, 0.5) is 0 Å². The van der Waals surface area contributed by atoms with Gasteiger partial charge in [-0.25, -0.2) is 0 Å². The summed E-state index contributed by atoms with van der Waals surface area (Å²) in [6, 6.07) is -0.0832. The van der Waals surface area contributed by atoms with Crippen molar-refractivity contribution in [3.05, 3.63) is 0 Å². The molecule has 1 rings (SSSR count). The van der Waals surface area contributed by atoms with E-state index < -0.39 is 0 Å². The summed E-state index contributed by atoms with van der Waals surface area (Å²) in [6.45, 7) is 2.67. The van der Waals surface area contributed by atoms with Gasteiger partial charge in [-0.15, -0.1) is 0 Å². The number of rotatable bonds is 2. The summed E-state index contributed by atoms with van der Waals surface area (Å²) < 4.78 is 10.4. The second kappa shape index (κ2) is 2.93. The van der Waals surface area contributed by atoms with E-state index in [0.29, 0.717) is 6.61 Å². The molecule has 3 heteroatoms. The van der Waals surface area contributed by atoms with Gasteiger partial charge in [0.2, 0.25) is 0 Å². The van der Waals surface area contributed by atoms with Crippen molar-refractivity contribution in [3.63, 3.8) is 0 Å². The molecule has 1 aliphatic heterocycles. The number of methoxy groups -OCH3 is 1. The quantitative estimate of drug-likeness (QED) is 0.525. The predicted molar refractivity (Wildman–Crippen MR) is 40.1 cm³/mol. The highest BCUT2D eigenvalue weighted by molar-refractivity contribution is 6.11. The first kappa shape index (κ1) is 8.09. The lowest BCUT2D eigenvalue weighted by Crippen LogP contribution is -2.30. The maximum absolute atomic E-state index is 5.56. The van der Waals surface area contributed by atoms with Gasteiger partial charge in [0.25, 0.3) is 0 Å². The van der Waals surface area contributed by atoms with Gasteiger partial charge in [0.15, 0.2) is 0 Å². The summed E-state index contributed by atoms with van der Waals surface area (Å²) in [5.74, 6) is 0. The Labute approximate surface area is 63.3 Å². The first-order valence-corrected chi connectivity index (χ1v) is 3.59. The van der Waals surface area contributed by atoms with Gasteiger partial charge >= 0.3 is 0 Å². The summed E-state index contributed by atoms with van der Waals surface area (Å²) >= 11 is 0. The second-order valence-electron chi connectivity index (χ2n) is 3.08. The van der Waals surface area contributed by atoms with Gasteiger partial charge in [-0.3, -0.25) is 0 Å². The summed E-state index contributed by atoms with van der Waals surface area (Å²) in [4.78, 5) is 0. The van der Waals surface area contributed by atoms with Crippen molar-refractivity contribution in [2.24, 2.45) is 0 Å². The molecule has 10 heavy (non-hydrogen) atoms. The van der Waals surface area contributed by atoms with Crippen LogP contribution in [0.15, 0.2) is 0 Å². The molecule has 0 amide bonds. The minimum atomic E-state index is -0.131. The first-order valence-electron chi connectivity index (χ1n) is 3.59. The van der Waals surface area contributed by atoms with Gasteiger partial charge in [-0.2, -0.15) is 0 Å². The highest BCUT2D eigenvalue weighted by atomic mass is 16.5. The summed E-state index contributed by atoms with van der Waals surface area (Å²) in [5, 5.41) is 0. The van der Waals surface area contributed by atoms with Crippen molar-refractivity contribution in [3.8, 4) is 0 Å². The van der Waals surface area contributed by atoms with E-state index in [0.717, 1.165) is 12.8 Å². The number of hydrogen-bond acceptors (Lipinski definition) is 2. The zero-order valence-electron chi connectivity index (χ0n) is 6.59. The third-order valence-electron chi connectivity index (χ3n) is 1.84. The minimum Gasteiger partial charge on any atom is -0.382 e. The van der Waals surface area contributed by atoms with Crippen LogP contribution in [-0.2, 0) is 9.47 Å². The topological polar surface area (TPSA) is 18.5 Å². The SMILES string of the molecule is [B]C1CC[C@](C)(COC)O1. The molecule has 2 nitrogen and oxygen atoms in total. The van der Waals surface area contributed by atoms with Crippen molar-refractivity contribution in [2.45, 2.75) is 31.4 Å². The molecule has 1 unspecified atom stereocenters. The average Bonchev–Trinajstić information content (AvgIpc) is 2.12. The van der Waals surface area contributed by atoms with Crippen LogP contribution in [-0.4, -0.2) is 33.2 Å². The van der Waals surface area contributed by atoms with E-state index in [2.05, 4.69) is 0 Å². The van der Waals surface area contributed by atoms with Crippen LogP contribution in [0.1, 0.15) is 19.8 Å². The molecule has 0 N–H and O–H groups in total. The van der Waals surface area contributed by atoms with Crippen LogP contribution in [0.25, 0.3) is 0 Å². The maximum Gasteiger partial charge on any atom is 0.109 e. The predicted octanol–water partition coefficient (Wildman–Crippen LogP) is 0.696. The van der Waals surface area contributed by atoms with Crippen molar-refractivity contribution in [1.29, 1.82) is 0 Å². The highest BCUT2D eigenvalue weighted by Gasteiger charge is 2.33. The van der Waals surface area contributed by atoms with E-state index in [1.54, 1.807) is 7.11 Å². The molecule has 1 fully saturated rings. The monoisotopic (exact) mass is 140 g/mol. The van der Waals surface area contributed by atoms with E-state index in [9.17, 15) is 0 Å². The van der Waals surface area contributed by atoms with Crippen LogP contribution in [0.3, 0.4) is 0 Å². The fraction of sp³-hybridized carbons (Fsp3) is 1.00. The Kier molecular flexibility index (Phi) is 2.37. The molecule has 0 aliphatic carbocycles. The first-order chi connectivity index (χ1) is 4.66. The lowest BCUT2D eigenvalue weighted by Gasteiger charge is -2.22. The zero-order chi connectivity index (χ0) is 7.61. The van der Waals surface area contributed by atoms with Crippen LogP contribution >= 0.6 is 0 Å². The number of hydrogen-bond donors (Lipinski definition) is 0. The molecule has 0 aromatic rings. The van der Waals surface area contributed by atoms with E-state index in [-0.39, 0.29) is 11.6 Å². The van der Waals surface area contributed by atoms with Crippen molar-refractivity contribution in [2.75, 3.05) is 13.7 Å². The largest absolute Gasteiger partial charge is 0.382 e. The van der Waals surface area contributed by atoms with Gasteiger partial charge in [-0.1, -0.05) is 0 Å². The van der Waals surface area contributed by atoms with Gasteiger partial charge in [0, 0.05) is 13.1 Å². The van der Waals surface area contributed by atoms with Crippen LogP contribution in [0, 0.1) is 0 Å². The van der Waals surface area contributed by atoms with Crippen molar-refractivity contribution < 1.29 is 9.47 Å². The Morgan fingerprint density at radius 3 is 2.90 bits per heavy atom. The standard InChI is InChI=1S/C7H13BO2/c1-7(5-9-2)4-3-6(8)10-7/h6H,3-5H2,1-2H3/t6?,7-/m1/s1. The van der Waals surface area contributed by atoms with Crippen LogP contribution in [0.5, 0.6) is 0 Å². The molecular formula is C7H13BO2. The van der Waals surface area contributed by atoms with E-state index >= 15 is 0 Å². The molecule has 0 aromatic heterocycles. The molecule has 56 valence electrons. The molecular weight excluding hydrogens is 127 g/mol. The highest BCUT2D eigenvalue weighted by Crippen LogP contribution is 2.28. The second-order valence-corrected chi connectivity index (χ2v) is 3.08. The van der Waals surface area contributed by atoms with Gasteiger partial charge < -0.3 is 9.47 Å². The Bertz CT molecular complexity index is 114. The third kappa shape index (κ3) is 1.73. The molecule has 1 aliphatic rings. The van der Waals surface area contributed by atoms with E-state index in [4.69, 9.17) is 17.3 Å². The fourth-order valence-corrected chi connectivity index (χ4v) is 1.34. The van der Waals surface area contributed by atoms with Crippen molar-refractivity contribution in [1.82, 2.24) is 0 Å². The molecule has 0 saturated carbocycles. The molecule has 1 heterocycles. The molecule has 0 spiro atoms. The third-order valence-corrected chi connectivity index (χ3v) is 1.84. The molecule has 0 bridgehead atoms. The summed E-state index contributed by atoms with van der Waals surface area (Å²) in [5.41, 5.74) is -0.131. The Hall–Kier alpha value is -0.0151. The Morgan fingerprint density at radius 1 is 1.80 bits per heavy atom. The molecule has 2 radical (unpaired) electrons. The molecule has 0 aromatic carbocycles. The van der Waals surface area contributed by atoms with E-state index in [1.165, 1.54) is 0 Å². The average molecular weight is 140 g/mol. The van der Waals surface area contributed by atoms with Crippen LogP contribution in [0.2, 0.25) is 0 Å². The Morgan fingerprint density at radius 2 is 2.50 bits per heavy atom. The Balaban J connectivity index is 2.38. The molecule has 2 atom stereocenters. The lowest BCUT2D eigenvalue weighted by atomic mass is 9.96. The summed E-state index contributed by atoms with van der Waals surface area (Å²) in [6.07, 6.45) is 1.95.